The molecule has 0 saturated carbocycles. The van der Waals surface area contributed by atoms with Gasteiger partial charge >= 0.3 is 6.16 Å². The number of para-hydroxylation sites is 1. The van der Waals surface area contributed by atoms with E-state index in [2.05, 4.69) is 20.5 Å². The Kier molecular flexibility index (Phi) is 8.06. The summed E-state index contributed by atoms with van der Waals surface area (Å²) >= 11 is 0. The lowest BCUT2D eigenvalue weighted by Gasteiger charge is -2.15. The molecule has 5 N–H and O–H groups in total. The van der Waals surface area contributed by atoms with Crippen LogP contribution in [0.5, 0.6) is 5.75 Å². The third kappa shape index (κ3) is 6.71. The van der Waals surface area contributed by atoms with Gasteiger partial charge in [-0.25, -0.2) is 9.78 Å². The van der Waals surface area contributed by atoms with Crippen LogP contribution in [0, 0.1) is 0 Å². The molecule has 30 heavy (non-hydrogen) atoms. The van der Waals surface area contributed by atoms with E-state index in [4.69, 9.17) is 25.7 Å². The van der Waals surface area contributed by atoms with E-state index >= 15 is 0 Å². The molecule has 0 aliphatic rings. The SMILES string of the molecule is CCOC(=O)OC(C)Oc1ccccc1N=Nc1ccc(NC(=O)[C@H](C)N)nc1N. The number of nitrogens with two attached hydrogens (primary N) is 2. The number of benzene rings is 1. The molecule has 1 heterocycles. The number of nitrogens with one attached hydrogen (secondary N) is 1. The summed E-state index contributed by atoms with van der Waals surface area (Å²) < 4.78 is 15.3. The summed E-state index contributed by atoms with van der Waals surface area (Å²) in [6.07, 6.45) is -1.74. The Morgan fingerprint density at radius 2 is 1.83 bits per heavy atom. The zero-order valence-electron chi connectivity index (χ0n) is 16.9. The first kappa shape index (κ1) is 22.6. The first-order chi connectivity index (χ1) is 14.3. The van der Waals surface area contributed by atoms with Crippen molar-refractivity contribution in [1.29, 1.82) is 0 Å². The van der Waals surface area contributed by atoms with Crippen LogP contribution in [0.25, 0.3) is 0 Å². The van der Waals surface area contributed by atoms with Crippen molar-refractivity contribution in [3.63, 3.8) is 0 Å². The summed E-state index contributed by atoms with van der Waals surface area (Å²) in [7, 11) is 0. The van der Waals surface area contributed by atoms with Crippen LogP contribution in [0.15, 0.2) is 46.6 Å². The van der Waals surface area contributed by atoms with Gasteiger partial charge in [-0.2, -0.15) is 0 Å². The van der Waals surface area contributed by atoms with E-state index in [1.807, 2.05) is 0 Å². The van der Waals surface area contributed by atoms with E-state index in [-0.39, 0.29) is 24.1 Å². The average molecular weight is 416 g/mol. The van der Waals surface area contributed by atoms with Gasteiger partial charge in [-0.3, -0.25) is 4.79 Å². The van der Waals surface area contributed by atoms with Crippen LogP contribution < -0.4 is 21.5 Å². The number of hydrogen-bond acceptors (Lipinski definition) is 10. The molecule has 2 rings (SSSR count). The van der Waals surface area contributed by atoms with Crippen LogP contribution >= 0.6 is 0 Å². The van der Waals surface area contributed by atoms with Crippen LogP contribution in [-0.2, 0) is 14.3 Å². The average Bonchev–Trinajstić information content (AvgIpc) is 2.68. The van der Waals surface area contributed by atoms with Gasteiger partial charge in [0.15, 0.2) is 11.6 Å². The Hall–Kier alpha value is -3.73. The van der Waals surface area contributed by atoms with E-state index < -0.39 is 18.5 Å². The Morgan fingerprint density at radius 3 is 2.50 bits per heavy atom. The highest BCUT2D eigenvalue weighted by Crippen LogP contribution is 2.31. The molecule has 0 saturated heterocycles. The van der Waals surface area contributed by atoms with Crippen molar-refractivity contribution in [2.75, 3.05) is 17.7 Å². The highest BCUT2D eigenvalue weighted by Gasteiger charge is 2.14. The smallest absolute Gasteiger partial charge is 0.453 e. The molecule has 0 bridgehead atoms. The van der Waals surface area contributed by atoms with Gasteiger partial charge in [-0.1, -0.05) is 12.1 Å². The van der Waals surface area contributed by atoms with Gasteiger partial charge in [-0.05, 0) is 38.1 Å². The van der Waals surface area contributed by atoms with Gasteiger partial charge < -0.3 is 31.0 Å². The molecule has 0 fully saturated rings. The number of rotatable bonds is 8. The maximum absolute atomic E-state index is 11.6. The second-order valence-corrected chi connectivity index (χ2v) is 6.03. The molecular weight excluding hydrogens is 392 g/mol. The second kappa shape index (κ2) is 10.7. The summed E-state index contributed by atoms with van der Waals surface area (Å²) in [5.41, 5.74) is 12.1. The molecule has 1 amide bonds. The number of hydrogen-bond donors (Lipinski definition) is 3. The van der Waals surface area contributed by atoms with Crippen molar-refractivity contribution < 1.29 is 23.8 Å². The number of carbonyl (C=O) groups excluding carboxylic acids is 2. The minimum atomic E-state index is -0.903. The summed E-state index contributed by atoms with van der Waals surface area (Å²) in [6, 6.07) is 9.19. The normalized spacial score (nSPS) is 12.8. The molecule has 0 radical (unpaired) electrons. The van der Waals surface area contributed by atoms with Gasteiger partial charge in [-0.15, -0.1) is 10.2 Å². The van der Waals surface area contributed by atoms with Gasteiger partial charge in [0.1, 0.15) is 17.2 Å². The summed E-state index contributed by atoms with van der Waals surface area (Å²) in [5, 5.41) is 10.7. The number of aromatic nitrogens is 1. The molecule has 11 nitrogen and oxygen atoms in total. The lowest BCUT2D eigenvalue weighted by Crippen LogP contribution is -2.32. The van der Waals surface area contributed by atoms with Gasteiger partial charge in [0.25, 0.3) is 0 Å². The predicted octanol–water partition coefficient (Wildman–Crippen LogP) is 3.26. The number of carbonyl (C=O) groups is 2. The predicted molar refractivity (Wildman–Crippen MR) is 110 cm³/mol. The van der Waals surface area contributed by atoms with E-state index in [0.717, 1.165) is 0 Å². The molecule has 2 atom stereocenters. The van der Waals surface area contributed by atoms with Crippen LogP contribution in [0.2, 0.25) is 0 Å². The molecule has 1 aromatic heterocycles. The molecule has 160 valence electrons. The van der Waals surface area contributed by atoms with Gasteiger partial charge in [0.2, 0.25) is 12.2 Å². The maximum atomic E-state index is 11.6. The Labute approximate surface area is 173 Å². The topological polar surface area (TPSA) is 164 Å². The van der Waals surface area contributed by atoms with Crippen molar-refractivity contribution in [1.82, 2.24) is 4.98 Å². The lowest BCUT2D eigenvalue weighted by molar-refractivity contribution is -0.117. The number of azo groups is 1. The molecule has 11 heteroatoms. The van der Waals surface area contributed by atoms with Crippen molar-refractivity contribution in [2.45, 2.75) is 33.1 Å². The van der Waals surface area contributed by atoms with Gasteiger partial charge in [0, 0.05) is 6.92 Å². The zero-order chi connectivity index (χ0) is 22.1. The minimum Gasteiger partial charge on any atom is -0.453 e. The number of pyridine rings is 1. The second-order valence-electron chi connectivity index (χ2n) is 6.03. The highest BCUT2D eigenvalue weighted by atomic mass is 16.8. The third-order valence-corrected chi connectivity index (χ3v) is 3.52. The summed E-state index contributed by atoms with van der Waals surface area (Å²) in [6.45, 7) is 4.96. The monoisotopic (exact) mass is 416 g/mol. The van der Waals surface area contributed by atoms with Crippen molar-refractivity contribution >= 4 is 35.1 Å². The Bertz CT molecular complexity index is 918. The minimum absolute atomic E-state index is 0.0682. The fourth-order valence-corrected chi connectivity index (χ4v) is 2.10. The number of ether oxygens (including phenoxy) is 3. The number of anilines is 2. The molecule has 0 aliphatic carbocycles. The van der Waals surface area contributed by atoms with Gasteiger partial charge in [0.05, 0.1) is 12.6 Å². The van der Waals surface area contributed by atoms with Crippen LogP contribution in [-0.4, -0.2) is 36.0 Å². The van der Waals surface area contributed by atoms with Crippen molar-refractivity contribution in [3.8, 4) is 5.75 Å². The van der Waals surface area contributed by atoms with E-state index in [1.54, 1.807) is 51.1 Å². The molecule has 2 aromatic rings. The van der Waals surface area contributed by atoms with Crippen LogP contribution in [0.4, 0.5) is 27.8 Å². The number of nitrogens with zero attached hydrogens (tertiary/aromatic N) is 3. The standard InChI is InChI=1S/C19H24N6O5/c1-4-28-19(27)30-12(3)29-15-8-6-5-7-13(15)24-25-14-9-10-16(22-17(14)21)23-18(26)11(2)20/h5-12H,4,20H2,1-3H3,(H3,21,22,23,26)/t11-,12?/m0/s1. The molecule has 1 unspecified atom stereocenters. The largest absolute Gasteiger partial charge is 0.511 e. The molecule has 1 aromatic carbocycles. The fraction of sp³-hybridized carbons (Fsp3) is 0.316. The first-order valence-corrected chi connectivity index (χ1v) is 9.14. The Morgan fingerprint density at radius 1 is 1.13 bits per heavy atom. The van der Waals surface area contributed by atoms with Crippen LogP contribution in [0.3, 0.4) is 0 Å². The van der Waals surface area contributed by atoms with Crippen molar-refractivity contribution in [3.05, 3.63) is 36.4 Å². The quantitative estimate of drug-likeness (QED) is 0.335. The number of amides is 1. The maximum Gasteiger partial charge on any atom is 0.511 e. The van der Waals surface area contributed by atoms with E-state index in [1.165, 1.54) is 6.07 Å². The Balaban J connectivity index is 2.11. The zero-order valence-corrected chi connectivity index (χ0v) is 16.9. The summed E-state index contributed by atoms with van der Waals surface area (Å²) in [4.78, 5) is 27.1. The molecule has 0 spiro atoms. The fourth-order valence-electron chi connectivity index (χ4n) is 2.10. The third-order valence-electron chi connectivity index (χ3n) is 3.52. The molecule has 0 aliphatic heterocycles. The number of nitrogen functional groups attached to an aromatic ring is 1. The lowest BCUT2D eigenvalue weighted by atomic mass is 10.3. The first-order valence-electron chi connectivity index (χ1n) is 9.14. The van der Waals surface area contributed by atoms with E-state index in [0.29, 0.717) is 17.1 Å². The van der Waals surface area contributed by atoms with Crippen molar-refractivity contribution in [2.24, 2.45) is 16.0 Å². The summed E-state index contributed by atoms with van der Waals surface area (Å²) in [5.74, 6) is 0.271. The van der Waals surface area contributed by atoms with E-state index in [9.17, 15) is 9.59 Å². The van der Waals surface area contributed by atoms with Crippen LogP contribution in [0.1, 0.15) is 20.8 Å². The molecular formula is C19H24N6O5. The highest BCUT2D eigenvalue weighted by molar-refractivity contribution is 5.93.